The molecule has 3 aromatic rings. The van der Waals surface area contributed by atoms with Crippen molar-refractivity contribution in [2.75, 3.05) is 6.54 Å². The highest BCUT2D eigenvalue weighted by molar-refractivity contribution is 6.00. The average molecular weight is 405 g/mol. The Kier molecular flexibility index (Phi) is 5.84. The van der Waals surface area contributed by atoms with Crippen molar-refractivity contribution in [2.45, 2.75) is 52.0 Å². The maximum Gasteiger partial charge on any atom is 0.254 e. The molecule has 156 valence electrons. The topological polar surface area (TPSA) is 70.2 Å². The first-order valence-corrected chi connectivity index (χ1v) is 10.7. The van der Waals surface area contributed by atoms with E-state index in [9.17, 15) is 9.90 Å². The minimum Gasteiger partial charge on any atom is -0.506 e. The summed E-state index contributed by atoms with van der Waals surface area (Å²) in [6.45, 7) is 4.58. The molecule has 6 heteroatoms. The van der Waals surface area contributed by atoms with Crippen LogP contribution in [0, 0.1) is 0 Å². The number of carbonyl (C=O) groups excluding carboxylic acids is 1. The lowest BCUT2D eigenvalue weighted by molar-refractivity contribution is 0.0647. The van der Waals surface area contributed by atoms with Gasteiger partial charge in [0, 0.05) is 24.3 Å². The Morgan fingerprint density at radius 3 is 2.77 bits per heavy atom. The second kappa shape index (κ2) is 8.69. The van der Waals surface area contributed by atoms with Crippen LogP contribution in [0.2, 0.25) is 0 Å². The molecule has 0 spiro atoms. The quantitative estimate of drug-likeness (QED) is 0.610. The van der Waals surface area contributed by atoms with E-state index in [4.69, 9.17) is 0 Å². The van der Waals surface area contributed by atoms with Crippen LogP contribution in [0.1, 0.15) is 62.0 Å². The number of aliphatic imine (C=N–C) groups is 1. The third-order valence-electron chi connectivity index (χ3n) is 5.92. The van der Waals surface area contributed by atoms with Gasteiger partial charge in [0.25, 0.3) is 5.91 Å². The van der Waals surface area contributed by atoms with Crippen molar-refractivity contribution in [3.8, 4) is 5.75 Å². The van der Waals surface area contributed by atoms with E-state index in [0.717, 1.165) is 29.9 Å². The predicted molar refractivity (Wildman–Crippen MR) is 119 cm³/mol. The first-order valence-electron chi connectivity index (χ1n) is 10.7. The van der Waals surface area contributed by atoms with Gasteiger partial charge in [0.15, 0.2) is 0 Å². The third kappa shape index (κ3) is 3.95. The molecular weight excluding hydrogens is 376 g/mol. The Hall–Kier alpha value is -3.15. The van der Waals surface area contributed by atoms with E-state index in [0.29, 0.717) is 23.8 Å². The number of fused-ring (bicyclic) bond motifs is 1. The highest BCUT2D eigenvalue weighted by Gasteiger charge is 2.25. The van der Waals surface area contributed by atoms with Crippen LogP contribution in [0.4, 0.5) is 5.69 Å². The molecule has 1 saturated carbocycles. The van der Waals surface area contributed by atoms with E-state index in [1.807, 2.05) is 47.5 Å². The second-order valence-electron chi connectivity index (χ2n) is 7.86. The minimum atomic E-state index is -0.0197. The largest absolute Gasteiger partial charge is 0.506 e. The Morgan fingerprint density at radius 2 is 2.03 bits per heavy atom. The number of benzene rings is 1. The number of imidazole rings is 1. The van der Waals surface area contributed by atoms with Crippen molar-refractivity contribution in [3.05, 3.63) is 60.0 Å². The number of amides is 1. The van der Waals surface area contributed by atoms with Gasteiger partial charge in [-0.25, -0.2) is 9.98 Å². The summed E-state index contributed by atoms with van der Waals surface area (Å²) in [5, 5.41) is 10.6. The molecule has 30 heavy (non-hydrogen) atoms. The lowest BCUT2D eigenvalue weighted by Crippen LogP contribution is -2.41. The molecule has 0 radical (unpaired) electrons. The lowest BCUT2D eigenvalue weighted by atomic mass is 9.93. The molecule has 2 aromatic heterocycles. The number of pyridine rings is 1. The average Bonchev–Trinajstić information content (AvgIpc) is 3.20. The number of aromatic hydroxyl groups is 1. The molecule has 6 nitrogen and oxygen atoms in total. The fourth-order valence-corrected chi connectivity index (χ4v) is 4.32. The zero-order valence-corrected chi connectivity index (χ0v) is 17.6. The Labute approximate surface area is 176 Å². The summed E-state index contributed by atoms with van der Waals surface area (Å²) in [6.07, 6.45) is 9.43. The smallest absolute Gasteiger partial charge is 0.254 e. The zero-order chi connectivity index (χ0) is 21.1. The first-order chi connectivity index (χ1) is 14.6. The van der Waals surface area contributed by atoms with Crippen LogP contribution >= 0.6 is 0 Å². The van der Waals surface area contributed by atoms with Crippen LogP contribution in [0.5, 0.6) is 5.75 Å². The van der Waals surface area contributed by atoms with E-state index in [2.05, 4.69) is 9.98 Å². The molecule has 1 fully saturated rings. The Balaban J connectivity index is 1.58. The fourth-order valence-electron chi connectivity index (χ4n) is 4.32. The number of phenolic OH excluding ortho intramolecular Hbond substituents is 1. The summed E-state index contributed by atoms with van der Waals surface area (Å²) < 4.78 is 1.96. The number of rotatable bonds is 5. The van der Waals surface area contributed by atoms with Gasteiger partial charge in [-0.2, -0.15) is 0 Å². The van der Waals surface area contributed by atoms with Crippen molar-refractivity contribution < 1.29 is 9.90 Å². The summed E-state index contributed by atoms with van der Waals surface area (Å²) >= 11 is 0. The molecule has 1 aliphatic rings. The molecule has 1 aromatic carbocycles. The van der Waals surface area contributed by atoms with Crippen LogP contribution in [0.25, 0.3) is 5.65 Å². The lowest BCUT2D eigenvalue weighted by Gasteiger charge is -2.33. The van der Waals surface area contributed by atoms with Gasteiger partial charge in [-0.05, 0) is 57.0 Å². The summed E-state index contributed by atoms with van der Waals surface area (Å²) in [4.78, 5) is 24.0. The SMILES string of the molecule is CCN(C(=O)c1ccc(N=C(C)c2cnc3ccccn23)c(O)c1)C1CCCCC1. The molecular formula is C24H28N4O2. The molecule has 0 unspecified atom stereocenters. The predicted octanol–water partition coefficient (Wildman–Crippen LogP) is 4.98. The summed E-state index contributed by atoms with van der Waals surface area (Å²) in [5.74, 6) is -0.0116. The van der Waals surface area contributed by atoms with Gasteiger partial charge < -0.3 is 10.0 Å². The molecule has 1 amide bonds. The van der Waals surface area contributed by atoms with Crippen LogP contribution in [-0.4, -0.2) is 43.6 Å². The van der Waals surface area contributed by atoms with Crippen molar-refractivity contribution in [1.29, 1.82) is 0 Å². The molecule has 1 N–H and O–H groups in total. The van der Waals surface area contributed by atoms with Gasteiger partial charge in [-0.15, -0.1) is 0 Å². The molecule has 1 aliphatic carbocycles. The van der Waals surface area contributed by atoms with E-state index in [1.54, 1.807) is 18.3 Å². The van der Waals surface area contributed by atoms with Gasteiger partial charge >= 0.3 is 0 Å². The summed E-state index contributed by atoms with van der Waals surface area (Å²) in [5.41, 5.74) is 3.39. The monoisotopic (exact) mass is 404 g/mol. The van der Waals surface area contributed by atoms with E-state index in [-0.39, 0.29) is 11.7 Å². The molecule has 4 rings (SSSR count). The summed E-state index contributed by atoms with van der Waals surface area (Å²) in [7, 11) is 0. The zero-order valence-electron chi connectivity index (χ0n) is 17.6. The maximum absolute atomic E-state index is 13.1. The van der Waals surface area contributed by atoms with Gasteiger partial charge in [-0.3, -0.25) is 9.20 Å². The van der Waals surface area contributed by atoms with Gasteiger partial charge in [0.2, 0.25) is 0 Å². The molecule has 0 aliphatic heterocycles. The Morgan fingerprint density at radius 1 is 1.23 bits per heavy atom. The third-order valence-corrected chi connectivity index (χ3v) is 5.92. The van der Waals surface area contributed by atoms with E-state index in [1.165, 1.54) is 25.3 Å². The molecule has 2 heterocycles. The molecule has 0 bridgehead atoms. The number of nitrogens with zero attached hydrogens (tertiary/aromatic N) is 4. The van der Waals surface area contributed by atoms with E-state index < -0.39 is 0 Å². The van der Waals surface area contributed by atoms with Crippen molar-refractivity contribution in [3.63, 3.8) is 0 Å². The summed E-state index contributed by atoms with van der Waals surface area (Å²) in [6, 6.07) is 11.1. The number of aromatic nitrogens is 2. The molecule has 0 atom stereocenters. The Bertz CT molecular complexity index is 1080. The van der Waals surface area contributed by atoms with Crippen LogP contribution in [0.15, 0.2) is 53.8 Å². The minimum absolute atomic E-state index is 0.00807. The number of phenols is 1. The normalized spacial score (nSPS) is 15.5. The highest BCUT2D eigenvalue weighted by Crippen LogP contribution is 2.30. The highest BCUT2D eigenvalue weighted by atomic mass is 16.3. The van der Waals surface area contributed by atoms with Gasteiger partial charge in [0.05, 0.1) is 17.6 Å². The number of hydrogen-bond acceptors (Lipinski definition) is 4. The van der Waals surface area contributed by atoms with Gasteiger partial charge in [-0.1, -0.05) is 25.3 Å². The van der Waals surface area contributed by atoms with E-state index >= 15 is 0 Å². The number of carbonyl (C=O) groups is 1. The molecule has 0 saturated heterocycles. The van der Waals surface area contributed by atoms with Crippen molar-refractivity contribution >= 4 is 23.0 Å². The van der Waals surface area contributed by atoms with Crippen LogP contribution in [0.3, 0.4) is 0 Å². The van der Waals surface area contributed by atoms with Crippen LogP contribution in [-0.2, 0) is 0 Å². The van der Waals surface area contributed by atoms with Crippen molar-refractivity contribution in [2.24, 2.45) is 4.99 Å². The first kappa shape index (κ1) is 20.1. The fraction of sp³-hybridized carbons (Fsp3) is 0.375. The van der Waals surface area contributed by atoms with Crippen LogP contribution < -0.4 is 0 Å². The van der Waals surface area contributed by atoms with Crippen molar-refractivity contribution in [1.82, 2.24) is 14.3 Å². The van der Waals surface area contributed by atoms with Gasteiger partial charge in [0.1, 0.15) is 17.1 Å². The second-order valence-corrected chi connectivity index (χ2v) is 7.86. The standard InChI is InChI=1S/C24H28N4O2/c1-3-27(19-9-5-4-6-10-19)24(30)18-12-13-20(22(29)15-18)26-17(2)21-16-25-23-11-7-8-14-28(21)23/h7-8,11-16,19,29H,3-6,9-10H2,1-2H3. The maximum atomic E-state index is 13.1. The number of hydrogen-bond donors (Lipinski definition) is 1.